The second-order valence-electron chi connectivity index (χ2n) is 5.62. The van der Waals surface area contributed by atoms with Gasteiger partial charge in [0, 0.05) is 17.1 Å². The quantitative estimate of drug-likeness (QED) is 0.630. The highest BCUT2D eigenvalue weighted by Crippen LogP contribution is 2.28. The topological polar surface area (TPSA) is 46.6 Å². The van der Waals surface area contributed by atoms with Gasteiger partial charge in [-0.25, -0.2) is 4.79 Å². The summed E-state index contributed by atoms with van der Waals surface area (Å²) in [6.45, 7) is 2.25. The molecule has 1 heterocycles. The van der Waals surface area contributed by atoms with Crippen molar-refractivity contribution < 1.29 is 14.3 Å². The van der Waals surface area contributed by atoms with Crippen molar-refractivity contribution in [2.45, 2.75) is 24.3 Å². The number of fused-ring (bicyclic) bond motifs is 1. The number of benzene rings is 2. The lowest BCUT2D eigenvalue weighted by Gasteiger charge is -2.22. The number of hydrogen-bond donors (Lipinski definition) is 0. The van der Waals surface area contributed by atoms with Gasteiger partial charge in [-0.1, -0.05) is 30.3 Å². The van der Waals surface area contributed by atoms with E-state index in [4.69, 9.17) is 4.74 Å². The number of thioether (sulfide) groups is 1. The molecule has 3 rings (SSSR count). The Morgan fingerprint density at radius 3 is 2.62 bits per heavy atom. The zero-order valence-corrected chi connectivity index (χ0v) is 14.5. The molecule has 0 N–H and O–H groups in total. The molecule has 0 aliphatic carbocycles. The molecule has 0 fully saturated rings. The van der Waals surface area contributed by atoms with Gasteiger partial charge >= 0.3 is 5.97 Å². The van der Waals surface area contributed by atoms with Crippen LogP contribution in [0.5, 0.6) is 0 Å². The fourth-order valence-corrected chi connectivity index (χ4v) is 3.46. The van der Waals surface area contributed by atoms with Gasteiger partial charge in [0.2, 0.25) is 0 Å². The number of anilines is 1. The number of hydrogen-bond acceptors (Lipinski definition) is 4. The first-order chi connectivity index (χ1) is 11.6. The maximum atomic E-state index is 12.7. The second kappa shape index (κ2) is 7.09. The third-order valence-electron chi connectivity index (χ3n) is 4.11. The van der Waals surface area contributed by atoms with Crippen molar-refractivity contribution in [1.29, 1.82) is 0 Å². The Morgan fingerprint density at radius 2 is 1.83 bits per heavy atom. The average molecular weight is 341 g/mol. The molecule has 0 saturated heterocycles. The first-order valence-corrected chi connectivity index (χ1v) is 9.07. The van der Waals surface area contributed by atoms with Crippen molar-refractivity contribution in [3.05, 3.63) is 59.7 Å². The van der Waals surface area contributed by atoms with Crippen molar-refractivity contribution in [2.75, 3.05) is 17.7 Å². The Morgan fingerprint density at radius 1 is 1.12 bits per heavy atom. The van der Waals surface area contributed by atoms with E-state index in [-0.39, 0.29) is 5.91 Å². The van der Waals surface area contributed by atoms with Crippen LogP contribution in [0.1, 0.15) is 22.8 Å². The van der Waals surface area contributed by atoms with Gasteiger partial charge in [-0.15, -0.1) is 11.8 Å². The molecule has 24 heavy (non-hydrogen) atoms. The number of rotatable bonds is 4. The van der Waals surface area contributed by atoms with Crippen LogP contribution < -0.4 is 4.90 Å². The third-order valence-corrected chi connectivity index (χ3v) is 4.91. The Labute approximate surface area is 145 Å². The number of amides is 1. The van der Waals surface area contributed by atoms with Gasteiger partial charge in [-0.3, -0.25) is 4.79 Å². The lowest BCUT2D eigenvalue weighted by Crippen LogP contribution is -2.39. The van der Waals surface area contributed by atoms with Gasteiger partial charge < -0.3 is 9.64 Å². The van der Waals surface area contributed by atoms with E-state index in [1.54, 1.807) is 24.0 Å². The van der Waals surface area contributed by atoms with Crippen LogP contribution in [0.15, 0.2) is 53.4 Å². The molecule has 0 bridgehead atoms. The summed E-state index contributed by atoms with van der Waals surface area (Å²) in [6, 6.07) is 15.1. The molecule has 1 atom stereocenters. The largest absolute Gasteiger partial charge is 0.449 e. The van der Waals surface area contributed by atoms with Gasteiger partial charge in [0.1, 0.15) is 0 Å². The number of carbonyl (C=O) groups is 2. The first-order valence-electron chi connectivity index (χ1n) is 7.85. The van der Waals surface area contributed by atoms with Crippen molar-refractivity contribution in [3.8, 4) is 0 Å². The van der Waals surface area contributed by atoms with E-state index >= 15 is 0 Å². The van der Waals surface area contributed by atoms with Gasteiger partial charge in [0.25, 0.3) is 5.91 Å². The molecule has 1 aliphatic rings. The highest BCUT2D eigenvalue weighted by atomic mass is 32.2. The highest BCUT2D eigenvalue weighted by Gasteiger charge is 2.30. The molecule has 4 nitrogen and oxygen atoms in total. The van der Waals surface area contributed by atoms with Crippen LogP contribution in [-0.4, -0.2) is 30.8 Å². The van der Waals surface area contributed by atoms with Gasteiger partial charge in [-0.2, -0.15) is 0 Å². The second-order valence-corrected chi connectivity index (χ2v) is 6.46. The van der Waals surface area contributed by atoms with Crippen LogP contribution in [0.2, 0.25) is 0 Å². The molecule has 0 saturated carbocycles. The average Bonchev–Trinajstić information content (AvgIpc) is 3.04. The summed E-state index contributed by atoms with van der Waals surface area (Å²) in [5.41, 5.74) is 2.55. The van der Waals surface area contributed by atoms with E-state index in [1.165, 1.54) is 11.8 Å². The van der Waals surface area contributed by atoms with E-state index in [0.29, 0.717) is 12.1 Å². The smallest absolute Gasteiger partial charge is 0.340 e. The maximum absolute atomic E-state index is 12.7. The standard InChI is InChI=1S/C19H19NO3S/c1-13(23-19(22)15-8-4-6-10-17(15)24-2)18(21)20-12-11-14-7-3-5-9-16(14)20/h3-10,13H,11-12H2,1-2H3. The van der Waals surface area contributed by atoms with Crippen molar-refractivity contribution in [3.63, 3.8) is 0 Å². The molecule has 2 aromatic rings. The zero-order chi connectivity index (χ0) is 17.1. The number of carbonyl (C=O) groups excluding carboxylic acids is 2. The Bertz CT molecular complexity index is 775. The summed E-state index contributed by atoms with van der Waals surface area (Å²) in [5, 5.41) is 0. The summed E-state index contributed by atoms with van der Waals surface area (Å²) in [7, 11) is 0. The van der Waals surface area contributed by atoms with Gasteiger partial charge in [-0.05, 0) is 43.4 Å². The lowest BCUT2D eigenvalue weighted by atomic mass is 10.2. The molecule has 2 aromatic carbocycles. The predicted octanol–water partition coefficient (Wildman–Crippen LogP) is 3.54. The fraction of sp³-hybridized carbons (Fsp3) is 0.263. The minimum atomic E-state index is -0.821. The van der Waals surface area contributed by atoms with Crippen molar-refractivity contribution >= 4 is 29.3 Å². The molecule has 1 unspecified atom stereocenters. The zero-order valence-electron chi connectivity index (χ0n) is 13.7. The molecule has 124 valence electrons. The summed E-state index contributed by atoms with van der Waals surface area (Å²) in [4.78, 5) is 27.6. The monoisotopic (exact) mass is 341 g/mol. The SMILES string of the molecule is CSc1ccccc1C(=O)OC(C)C(=O)N1CCc2ccccc21. The van der Waals surface area contributed by atoms with Crippen LogP contribution in [0, 0.1) is 0 Å². The molecular formula is C19H19NO3S. The fourth-order valence-electron chi connectivity index (χ4n) is 2.87. The Hall–Kier alpha value is -2.27. The number of esters is 1. The minimum Gasteiger partial charge on any atom is -0.449 e. The van der Waals surface area contributed by atoms with Crippen LogP contribution in [0.25, 0.3) is 0 Å². The van der Waals surface area contributed by atoms with Gasteiger partial charge in [0.05, 0.1) is 5.56 Å². The van der Waals surface area contributed by atoms with Crippen LogP contribution in [-0.2, 0) is 16.0 Å². The minimum absolute atomic E-state index is 0.185. The van der Waals surface area contributed by atoms with E-state index in [2.05, 4.69) is 0 Å². The van der Waals surface area contributed by atoms with E-state index < -0.39 is 12.1 Å². The molecule has 5 heteroatoms. The summed E-state index contributed by atoms with van der Waals surface area (Å²) < 4.78 is 5.42. The summed E-state index contributed by atoms with van der Waals surface area (Å²) in [6.07, 6.45) is 1.92. The molecular weight excluding hydrogens is 322 g/mol. The van der Waals surface area contributed by atoms with Crippen molar-refractivity contribution in [2.24, 2.45) is 0 Å². The molecule has 0 aromatic heterocycles. The first kappa shape index (κ1) is 16.6. The van der Waals surface area contributed by atoms with E-state index in [9.17, 15) is 9.59 Å². The Kier molecular flexibility index (Phi) is 4.90. The number of para-hydroxylation sites is 1. The number of ether oxygens (including phenoxy) is 1. The molecule has 0 spiro atoms. The predicted molar refractivity (Wildman–Crippen MR) is 95.6 cm³/mol. The highest BCUT2D eigenvalue weighted by molar-refractivity contribution is 7.98. The Balaban J connectivity index is 1.72. The van der Waals surface area contributed by atoms with Crippen molar-refractivity contribution in [1.82, 2.24) is 0 Å². The molecule has 0 radical (unpaired) electrons. The molecule has 1 aliphatic heterocycles. The van der Waals surface area contributed by atoms with Gasteiger partial charge in [0.15, 0.2) is 6.10 Å². The third kappa shape index (κ3) is 3.17. The normalized spacial score (nSPS) is 14.2. The lowest BCUT2D eigenvalue weighted by molar-refractivity contribution is -0.126. The number of nitrogens with zero attached hydrogens (tertiary/aromatic N) is 1. The molecule has 1 amide bonds. The van der Waals surface area contributed by atoms with Crippen LogP contribution >= 0.6 is 11.8 Å². The maximum Gasteiger partial charge on any atom is 0.340 e. The summed E-state index contributed by atoms with van der Waals surface area (Å²) in [5.74, 6) is -0.650. The van der Waals surface area contributed by atoms with Crippen LogP contribution in [0.3, 0.4) is 0 Å². The van der Waals surface area contributed by atoms with Crippen LogP contribution in [0.4, 0.5) is 5.69 Å². The van der Waals surface area contributed by atoms with E-state index in [0.717, 1.165) is 22.6 Å². The summed E-state index contributed by atoms with van der Waals surface area (Å²) >= 11 is 1.48. The van der Waals surface area contributed by atoms with E-state index in [1.807, 2.05) is 42.7 Å².